The van der Waals surface area contributed by atoms with Gasteiger partial charge in [0.1, 0.15) is 0 Å². The van der Waals surface area contributed by atoms with Crippen molar-refractivity contribution in [1.29, 1.82) is 0 Å². The van der Waals surface area contributed by atoms with E-state index in [-0.39, 0.29) is 5.41 Å². The van der Waals surface area contributed by atoms with Crippen molar-refractivity contribution >= 4 is 5.97 Å². The van der Waals surface area contributed by atoms with Gasteiger partial charge in [0.25, 0.3) is 0 Å². The van der Waals surface area contributed by atoms with Crippen LogP contribution in [0.3, 0.4) is 0 Å². The summed E-state index contributed by atoms with van der Waals surface area (Å²) in [5.41, 5.74) is 1.77. The Morgan fingerprint density at radius 1 is 1.14 bits per heavy atom. The number of hydrogen-bond donors (Lipinski definition) is 1. The van der Waals surface area contributed by atoms with Crippen LogP contribution in [0, 0.1) is 34.0 Å². The van der Waals surface area contributed by atoms with Crippen molar-refractivity contribution < 1.29 is 9.90 Å². The van der Waals surface area contributed by atoms with Gasteiger partial charge in [0.05, 0.1) is 5.41 Å². The number of fused-ring (bicyclic) bond motifs is 3. The van der Waals surface area contributed by atoms with Crippen molar-refractivity contribution in [3.05, 3.63) is 11.6 Å². The van der Waals surface area contributed by atoms with Gasteiger partial charge in [0.15, 0.2) is 0 Å². The van der Waals surface area contributed by atoms with Crippen molar-refractivity contribution in [2.45, 2.75) is 72.1 Å². The second-order valence-corrected chi connectivity index (χ2v) is 9.33. The first-order chi connectivity index (χ1) is 10.3. The molecule has 0 radical (unpaired) electrons. The molecule has 0 unspecified atom stereocenters. The Kier molecular flexibility index (Phi) is 2.95. The predicted molar refractivity (Wildman–Crippen MR) is 87.4 cm³/mol. The lowest BCUT2D eigenvalue weighted by Crippen LogP contribution is -2.58. The van der Waals surface area contributed by atoms with Crippen molar-refractivity contribution in [1.82, 2.24) is 0 Å². The zero-order valence-electron chi connectivity index (χ0n) is 14.3. The van der Waals surface area contributed by atoms with E-state index >= 15 is 0 Å². The van der Waals surface area contributed by atoms with Gasteiger partial charge in [-0.3, -0.25) is 4.79 Å². The standard InChI is InChI=1S/C20H30O2/c1-13-11-20-10-7-15-18(2,16(20)6-5-14(13)12-20)8-4-9-19(15,3)17(21)22/h11,14-16H,4-10,12H2,1-3H3,(H,21,22)/t14-,15-,16-,18+,19+,20+/m0/s1. The minimum atomic E-state index is -0.550. The van der Waals surface area contributed by atoms with Crippen LogP contribution in [0.4, 0.5) is 0 Å². The van der Waals surface area contributed by atoms with Gasteiger partial charge in [-0.05, 0) is 87.4 Å². The fourth-order valence-electron chi connectivity index (χ4n) is 7.46. The zero-order valence-corrected chi connectivity index (χ0v) is 14.3. The Labute approximate surface area is 134 Å². The Balaban J connectivity index is 1.77. The van der Waals surface area contributed by atoms with Gasteiger partial charge in [0.2, 0.25) is 0 Å². The van der Waals surface area contributed by atoms with E-state index in [9.17, 15) is 9.90 Å². The van der Waals surface area contributed by atoms with Crippen LogP contribution in [0.15, 0.2) is 11.6 Å². The summed E-state index contributed by atoms with van der Waals surface area (Å²) in [5.74, 6) is 1.36. The number of hydrogen-bond acceptors (Lipinski definition) is 1. The van der Waals surface area contributed by atoms with Crippen LogP contribution in [0.25, 0.3) is 0 Å². The van der Waals surface area contributed by atoms with E-state index in [1.54, 1.807) is 5.57 Å². The fraction of sp³-hybridized carbons (Fsp3) is 0.850. The molecule has 0 aliphatic heterocycles. The third kappa shape index (κ3) is 1.65. The molecule has 4 rings (SSSR count). The molecule has 0 saturated heterocycles. The molecule has 0 amide bonds. The first-order valence-electron chi connectivity index (χ1n) is 9.25. The van der Waals surface area contributed by atoms with Crippen molar-refractivity contribution in [2.24, 2.45) is 34.0 Å². The molecule has 4 aliphatic rings. The topological polar surface area (TPSA) is 37.3 Å². The third-order valence-corrected chi connectivity index (χ3v) is 8.44. The van der Waals surface area contributed by atoms with Gasteiger partial charge in [-0.25, -0.2) is 0 Å². The van der Waals surface area contributed by atoms with Gasteiger partial charge < -0.3 is 5.11 Å². The third-order valence-electron chi connectivity index (χ3n) is 8.44. The van der Waals surface area contributed by atoms with E-state index in [0.717, 1.165) is 25.2 Å². The van der Waals surface area contributed by atoms with Crippen LogP contribution in [0.5, 0.6) is 0 Å². The average Bonchev–Trinajstić information content (AvgIpc) is 2.68. The maximum absolute atomic E-state index is 12.0. The van der Waals surface area contributed by atoms with Crippen LogP contribution < -0.4 is 0 Å². The highest BCUT2D eigenvalue weighted by atomic mass is 16.4. The Morgan fingerprint density at radius 2 is 1.91 bits per heavy atom. The number of rotatable bonds is 1. The highest BCUT2D eigenvalue weighted by molar-refractivity contribution is 5.75. The quantitative estimate of drug-likeness (QED) is 0.689. The van der Waals surface area contributed by atoms with Crippen molar-refractivity contribution in [3.8, 4) is 0 Å². The molecule has 3 saturated carbocycles. The van der Waals surface area contributed by atoms with Crippen LogP contribution in [-0.4, -0.2) is 11.1 Å². The Bertz CT molecular complexity index is 550. The molecule has 0 aromatic heterocycles. The maximum Gasteiger partial charge on any atom is 0.309 e. The number of carboxylic acid groups (broad SMARTS) is 1. The minimum Gasteiger partial charge on any atom is -0.481 e. The normalized spacial score (nSPS) is 53.4. The molecular formula is C20H30O2. The molecule has 0 heterocycles. The van der Waals surface area contributed by atoms with E-state index in [1.165, 1.54) is 32.1 Å². The molecule has 0 aromatic rings. The highest BCUT2D eigenvalue weighted by Crippen LogP contribution is 2.70. The molecule has 3 fully saturated rings. The number of aliphatic carboxylic acids is 1. The highest BCUT2D eigenvalue weighted by Gasteiger charge is 2.64. The molecule has 1 N–H and O–H groups in total. The van der Waals surface area contributed by atoms with Gasteiger partial charge in [-0.2, -0.15) is 0 Å². The SMILES string of the molecule is CC1=C[C@@]23CC[C@H]4[C@@](C)(CCC[C@@]4(C)C(=O)O)[C@@H]2CC[C@H]1C3. The lowest BCUT2D eigenvalue weighted by atomic mass is 9.41. The second-order valence-electron chi connectivity index (χ2n) is 9.33. The molecule has 22 heavy (non-hydrogen) atoms. The van der Waals surface area contributed by atoms with Crippen molar-refractivity contribution in [2.75, 3.05) is 0 Å². The average molecular weight is 302 g/mol. The van der Waals surface area contributed by atoms with Crippen molar-refractivity contribution in [3.63, 3.8) is 0 Å². The van der Waals surface area contributed by atoms with Gasteiger partial charge >= 0.3 is 5.97 Å². The molecule has 4 aliphatic carbocycles. The number of carboxylic acids is 1. The summed E-state index contributed by atoms with van der Waals surface area (Å²) in [6.07, 6.45) is 12.2. The lowest BCUT2D eigenvalue weighted by Gasteiger charge is -2.63. The molecule has 2 heteroatoms. The van der Waals surface area contributed by atoms with E-state index in [1.807, 2.05) is 6.92 Å². The second kappa shape index (κ2) is 4.39. The summed E-state index contributed by atoms with van der Waals surface area (Å²) in [4.78, 5) is 12.0. The summed E-state index contributed by atoms with van der Waals surface area (Å²) in [6.45, 7) is 6.82. The molecule has 6 atom stereocenters. The van der Waals surface area contributed by atoms with Crippen LogP contribution in [-0.2, 0) is 4.79 Å². The summed E-state index contributed by atoms with van der Waals surface area (Å²) < 4.78 is 0. The number of carbonyl (C=O) groups is 1. The maximum atomic E-state index is 12.0. The van der Waals surface area contributed by atoms with Crippen LogP contribution >= 0.6 is 0 Å². The molecule has 1 spiro atoms. The minimum absolute atomic E-state index is 0.232. The summed E-state index contributed by atoms with van der Waals surface area (Å²) in [6, 6.07) is 0. The lowest BCUT2D eigenvalue weighted by molar-refractivity contribution is -0.177. The summed E-state index contributed by atoms with van der Waals surface area (Å²) in [5, 5.41) is 9.91. The monoisotopic (exact) mass is 302 g/mol. The summed E-state index contributed by atoms with van der Waals surface area (Å²) in [7, 11) is 0. The van der Waals surface area contributed by atoms with Gasteiger partial charge in [0, 0.05) is 0 Å². The van der Waals surface area contributed by atoms with Crippen LogP contribution in [0.1, 0.15) is 72.1 Å². The van der Waals surface area contributed by atoms with E-state index < -0.39 is 11.4 Å². The first kappa shape index (κ1) is 14.8. The molecule has 2 bridgehead atoms. The molecule has 0 aromatic carbocycles. The van der Waals surface area contributed by atoms with Gasteiger partial charge in [-0.15, -0.1) is 0 Å². The smallest absolute Gasteiger partial charge is 0.309 e. The van der Waals surface area contributed by atoms with Crippen LogP contribution in [0.2, 0.25) is 0 Å². The zero-order chi connectivity index (χ0) is 15.8. The van der Waals surface area contributed by atoms with E-state index in [0.29, 0.717) is 17.3 Å². The Morgan fingerprint density at radius 3 is 2.64 bits per heavy atom. The molecule has 122 valence electrons. The fourth-order valence-corrected chi connectivity index (χ4v) is 7.46. The van der Waals surface area contributed by atoms with E-state index in [2.05, 4.69) is 19.9 Å². The van der Waals surface area contributed by atoms with Gasteiger partial charge in [-0.1, -0.05) is 25.0 Å². The van der Waals surface area contributed by atoms with E-state index in [4.69, 9.17) is 0 Å². The largest absolute Gasteiger partial charge is 0.481 e. The molecular weight excluding hydrogens is 272 g/mol. The Hall–Kier alpha value is -0.790. The molecule has 2 nitrogen and oxygen atoms in total. The predicted octanol–water partition coefficient (Wildman–Crippen LogP) is 5.04. The summed E-state index contributed by atoms with van der Waals surface area (Å²) >= 11 is 0. The first-order valence-corrected chi connectivity index (χ1v) is 9.25. The number of allylic oxidation sites excluding steroid dienone is 2.